The number of anilines is 1. The molecule has 3 rings (SSSR count). The van der Waals surface area contributed by atoms with Crippen molar-refractivity contribution in [2.45, 2.75) is 46.3 Å². The van der Waals surface area contributed by atoms with Crippen molar-refractivity contribution in [2.75, 3.05) is 11.4 Å². The number of fused-ring (bicyclic) bond motifs is 1. The molecule has 0 bridgehead atoms. The van der Waals surface area contributed by atoms with Gasteiger partial charge in [0.2, 0.25) is 0 Å². The number of nitrogens with one attached hydrogen (secondary N) is 1. The quantitative estimate of drug-likeness (QED) is 0.825. The van der Waals surface area contributed by atoms with E-state index in [1.807, 2.05) is 24.3 Å². The Hall–Kier alpha value is -2.60. The van der Waals surface area contributed by atoms with E-state index in [2.05, 4.69) is 4.98 Å². The average Bonchev–Trinajstić information content (AvgIpc) is 3.14. The molecular formula is C20H24N2O4. The molecule has 1 amide bonds. The Morgan fingerprint density at radius 3 is 2.58 bits per heavy atom. The smallest absolute Gasteiger partial charge is 0.355 e. The Morgan fingerprint density at radius 2 is 1.92 bits per heavy atom. The second-order valence-electron chi connectivity index (χ2n) is 6.76. The van der Waals surface area contributed by atoms with Gasteiger partial charge in [-0.25, -0.2) is 4.79 Å². The first kappa shape index (κ1) is 18.2. The molecule has 6 heteroatoms. The number of aryl methyl sites for hydroxylation is 1. The monoisotopic (exact) mass is 356 g/mol. The zero-order valence-corrected chi connectivity index (χ0v) is 15.5. The summed E-state index contributed by atoms with van der Waals surface area (Å²) in [6, 6.07) is 7.75. The number of ether oxygens (including phenoxy) is 1. The van der Waals surface area contributed by atoms with Gasteiger partial charge in [0.25, 0.3) is 5.91 Å². The topological polar surface area (TPSA) is 82.6 Å². The van der Waals surface area contributed by atoms with E-state index in [1.54, 1.807) is 32.6 Å². The summed E-state index contributed by atoms with van der Waals surface area (Å²) in [7, 11) is 0. The minimum atomic E-state index is -0.897. The zero-order valence-electron chi connectivity index (χ0n) is 15.5. The number of nitrogens with zero attached hydrogens (tertiary/aromatic N) is 1. The highest BCUT2D eigenvalue weighted by molar-refractivity contribution is 6.00. The Kier molecular flexibility index (Phi) is 4.87. The lowest BCUT2D eigenvalue weighted by atomic mass is 10.1. The number of carbonyl (C=O) groups is 2. The van der Waals surface area contributed by atoms with Crippen LogP contribution in [0.4, 0.5) is 5.69 Å². The number of rotatable bonds is 4. The third-order valence-corrected chi connectivity index (χ3v) is 4.90. The molecule has 0 fully saturated rings. The molecule has 0 saturated carbocycles. The van der Waals surface area contributed by atoms with Crippen LogP contribution in [0.5, 0.6) is 0 Å². The summed E-state index contributed by atoms with van der Waals surface area (Å²) in [6.45, 7) is 7.37. The molecule has 0 radical (unpaired) electrons. The van der Waals surface area contributed by atoms with E-state index in [9.17, 15) is 14.7 Å². The molecule has 1 aliphatic rings. The van der Waals surface area contributed by atoms with E-state index in [0.717, 1.165) is 23.4 Å². The highest BCUT2D eigenvalue weighted by Gasteiger charge is 2.31. The van der Waals surface area contributed by atoms with Crippen molar-refractivity contribution in [3.8, 4) is 0 Å². The average molecular weight is 356 g/mol. The number of benzene rings is 1. The van der Waals surface area contributed by atoms with Crippen LogP contribution in [0.25, 0.3) is 0 Å². The molecule has 0 spiro atoms. The number of carbonyl (C=O) groups excluding carboxylic acids is 2. The number of esters is 1. The number of para-hydroxylation sites is 1. The lowest BCUT2D eigenvalue weighted by Gasteiger charge is -2.21. The maximum absolute atomic E-state index is 12.7. The van der Waals surface area contributed by atoms with Crippen LogP contribution >= 0.6 is 0 Å². The SMILES string of the molecule is Cc1[nH]c(C(=O)O[C@@H](C)C(=O)N2CCc3ccccc32)c(C)c1[C@@H](C)O. The molecule has 2 aromatic rings. The highest BCUT2D eigenvalue weighted by atomic mass is 16.5. The van der Waals surface area contributed by atoms with Gasteiger partial charge in [-0.3, -0.25) is 4.79 Å². The lowest BCUT2D eigenvalue weighted by Crippen LogP contribution is -2.39. The van der Waals surface area contributed by atoms with Gasteiger partial charge in [-0.05, 0) is 51.3 Å². The minimum absolute atomic E-state index is 0.236. The van der Waals surface area contributed by atoms with Crippen molar-refractivity contribution in [3.05, 3.63) is 52.3 Å². The summed E-state index contributed by atoms with van der Waals surface area (Å²) in [5, 5.41) is 9.85. The van der Waals surface area contributed by atoms with Crippen molar-refractivity contribution >= 4 is 17.6 Å². The van der Waals surface area contributed by atoms with Gasteiger partial charge >= 0.3 is 5.97 Å². The van der Waals surface area contributed by atoms with Crippen molar-refractivity contribution in [1.82, 2.24) is 4.98 Å². The fourth-order valence-electron chi connectivity index (χ4n) is 3.65. The van der Waals surface area contributed by atoms with Gasteiger partial charge in [-0.2, -0.15) is 0 Å². The van der Waals surface area contributed by atoms with Gasteiger partial charge in [0.15, 0.2) is 6.10 Å². The first-order chi connectivity index (χ1) is 12.3. The van der Waals surface area contributed by atoms with E-state index in [1.165, 1.54) is 0 Å². The largest absolute Gasteiger partial charge is 0.448 e. The van der Waals surface area contributed by atoms with Crippen LogP contribution in [0.2, 0.25) is 0 Å². The van der Waals surface area contributed by atoms with Crippen LogP contribution in [0.3, 0.4) is 0 Å². The predicted molar refractivity (Wildman–Crippen MR) is 98.3 cm³/mol. The molecule has 0 aliphatic carbocycles. The van der Waals surface area contributed by atoms with Crippen LogP contribution < -0.4 is 4.90 Å². The van der Waals surface area contributed by atoms with Crippen molar-refractivity contribution in [1.29, 1.82) is 0 Å². The number of H-pyrrole nitrogens is 1. The van der Waals surface area contributed by atoms with Gasteiger partial charge in [0, 0.05) is 23.5 Å². The van der Waals surface area contributed by atoms with Crippen LogP contribution in [0.1, 0.15) is 52.8 Å². The molecule has 1 aromatic carbocycles. The molecule has 0 saturated heterocycles. The Balaban J connectivity index is 1.74. The van der Waals surface area contributed by atoms with Crippen molar-refractivity contribution in [2.24, 2.45) is 0 Å². The number of amides is 1. The maximum Gasteiger partial charge on any atom is 0.355 e. The highest BCUT2D eigenvalue weighted by Crippen LogP contribution is 2.29. The lowest BCUT2D eigenvalue weighted by molar-refractivity contribution is -0.126. The van der Waals surface area contributed by atoms with Gasteiger partial charge in [-0.15, -0.1) is 0 Å². The first-order valence-corrected chi connectivity index (χ1v) is 8.78. The summed E-state index contributed by atoms with van der Waals surface area (Å²) < 4.78 is 5.41. The van der Waals surface area contributed by atoms with Crippen LogP contribution in [-0.2, 0) is 16.0 Å². The van der Waals surface area contributed by atoms with Crippen LogP contribution in [0, 0.1) is 13.8 Å². The number of aromatic nitrogens is 1. The summed E-state index contributed by atoms with van der Waals surface area (Å²) in [4.78, 5) is 29.9. The number of hydrogen-bond acceptors (Lipinski definition) is 4. The molecule has 0 unspecified atom stereocenters. The fourth-order valence-corrected chi connectivity index (χ4v) is 3.65. The molecule has 138 valence electrons. The maximum atomic E-state index is 12.7. The standard InChI is InChI=1S/C20H24N2O4/c1-11-17(13(3)23)12(2)21-18(11)20(25)26-14(4)19(24)22-10-9-15-7-5-6-8-16(15)22/h5-8,13-14,21,23H,9-10H2,1-4H3/t13-,14+/m1/s1. The second-order valence-corrected chi connectivity index (χ2v) is 6.76. The molecule has 2 N–H and O–H groups in total. The van der Waals surface area contributed by atoms with E-state index in [0.29, 0.717) is 17.7 Å². The van der Waals surface area contributed by atoms with E-state index < -0.39 is 18.2 Å². The summed E-state index contributed by atoms with van der Waals surface area (Å²) in [5.74, 6) is -0.828. The number of aliphatic hydroxyl groups is 1. The number of aliphatic hydroxyl groups excluding tert-OH is 1. The predicted octanol–water partition coefficient (Wildman–Crippen LogP) is 2.82. The van der Waals surface area contributed by atoms with Crippen LogP contribution in [0.15, 0.2) is 24.3 Å². The molecule has 1 aromatic heterocycles. The van der Waals surface area contributed by atoms with E-state index in [-0.39, 0.29) is 11.6 Å². The summed E-state index contributed by atoms with van der Waals surface area (Å²) in [5.41, 5.74) is 4.33. The van der Waals surface area contributed by atoms with Gasteiger partial charge in [-0.1, -0.05) is 18.2 Å². The Labute approximate surface area is 152 Å². The Morgan fingerprint density at radius 1 is 1.23 bits per heavy atom. The molecule has 6 nitrogen and oxygen atoms in total. The molecule has 2 heterocycles. The van der Waals surface area contributed by atoms with Crippen LogP contribution in [-0.4, -0.2) is 34.6 Å². The van der Waals surface area contributed by atoms with Crippen molar-refractivity contribution in [3.63, 3.8) is 0 Å². The summed E-state index contributed by atoms with van der Waals surface area (Å²) in [6.07, 6.45) is -0.783. The molecule has 26 heavy (non-hydrogen) atoms. The van der Waals surface area contributed by atoms with E-state index >= 15 is 0 Å². The van der Waals surface area contributed by atoms with Gasteiger partial charge < -0.3 is 19.7 Å². The summed E-state index contributed by atoms with van der Waals surface area (Å²) >= 11 is 0. The zero-order chi connectivity index (χ0) is 19.0. The van der Waals surface area contributed by atoms with Crippen molar-refractivity contribution < 1.29 is 19.4 Å². The Bertz CT molecular complexity index is 853. The first-order valence-electron chi connectivity index (χ1n) is 8.78. The third kappa shape index (κ3) is 3.12. The second kappa shape index (κ2) is 6.96. The number of aromatic amines is 1. The minimum Gasteiger partial charge on any atom is -0.448 e. The fraction of sp³-hybridized carbons (Fsp3) is 0.400. The van der Waals surface area contributed by atoms with Gasteiger partial charge in [0.05, 0.1) is 6.10 Å². The third-order valence-electron chi connectivity index (χ3n) is 4.90. The molecular weight excluding hydrogens is 332 g/mol. The van der Waals surface area contributed by atoms with Gasteiger partial charge in [0.1, 0.15) is 5.69 Å². The van der Waals surface area contributed by atoms with E-state index in [4.69, 9.17) is 4.74 Å². The number of hydrogen-bond donors (Lipinski definition) is 2. The normalized spacial score (nSPS) is 15.5. The molecule has 1 aliphatic heterocycles. The molecule has 2 atom stereocenters.